The van der Waals surface area contributed by atoms with Gasteiger partial charge in [-0.3, -0.25) is 4.79 Å². The van der Waals surface area contributed by atoms with Gasteiger partial charge in [0.05, 0.1) is 36.4 Å². The minimum Gasteiger partial charge on any atom is -0.341 e. The summed E-state index contributed by atoms with van der Waals surface area (Å²) in [5.74, 6) is 2.38. The summed E-state index contributed by atoms with van der Waals surface area (Å²) < 4.78 is 0. The van der Waals surface area contributed by atoms with Gasteiger partial charge in [0.25, 0.3) is 0 Å². The Bertz CT molecular complexity index is 1330. The Kier molecular flexibility index (Phi) is 8.03. The van der Waals surface area contributed by atoms with E-state index in [-0.39, 0.29) is 5.91 Å². The number of amides is 1. The van der Waals surface area contributed by atoms with Gasteiger partial charge < -0.3 is 20.2 Å². The zero-order valence-electron chi connectivity index (χ0n) is 22.6. The van der Waals surface area contributed by atoms with Gasteiger partial charge in [-0.1, -0.05) is 69.3 Å². The molecule has 0 spiro atoms. The number of imidazole rings is 2. The van der Waals surface area contributed by atoms with Crippen molar-refractivity contribution in [1.29, 1.82) is 0 Å². The average molecular weight is 511 g/mol. The summed E-state index contributed by atoms with van der Waals surface area (Å²) in [6.07, 6.45) is 7.62. The maximum absolute atomic E-state index is 12.6. The lowest BCUT2D eigenvalue weighted by Gasteiger charge is -2.22. The van der Waals surface area contributed by atoms with Crippen LogP contribution in [0.4, 0.5) is 0 Å². The number of rotatable bonds is 10. The molecule has 0 radical (unpaired) electrons. The molecule has 2 aromatic carbocycles. The number of nitrogens with zero attached hydrogens (tertiary/aromatic N) is 3. The van der Waals surface area contributed by atoms with Crippen LogP contribution in [0.2, 0.25) is 0 Å². The second-order valence-electron chi connectivity index (χ2n) is 10.6. The van der Waals surface area contributed by atoms with Gasteiger partial charge in [-0.25, -0.2) is 9.97 Å². The number of aromatic nitrogens is 4. The van der Waals surface area contributed by atoms with E-state index in [1.165, 1.54) is 12.0 Å². The molecular formula is C31H38N6O. The summed E-state index contributed by atoms with van der Waals surface area (Å²) in [4.78, 5) is 30.6. The fourth-order valence-corrected chi connectivity index (χ4v) is 5.07. The number of nitrogens with one attached hydrogen (secondary N) is 3. The van der Waals surface area contributed by atoms with Crippen molar-refractivity contribution in [1.82, 2.24) is 30.2 Å². The van der Waals surface area contributed by atoms with Crippen LogP contribution in [0.1, 0.15) is 64.1 Å². The van der Waals surface area contributed by atoms with Crippen LogP contribution in [0.15, 0.2) is 60.9 Å². The summed E-state index contributed by atoms with van der Waals surface area (Å²) in [6, 6.07) is 17.5. The molecule has 0 aliphatic carbocycles. The monoisotopic (exact) mass is 510 g/mol. The van der Waals surface area contributed by atoms with Crippen LogP contribution >= 0.6 is 0 Å². The van der Waals surface area contributed by atoms with Crippen LogP contribution in [0, 0.1) is 5.92 Å². The number of carbonyl (C=O) groups excluding carboxylic acids is 1. The normalized spacial score (nSPS) is 15.3. The summed E-state index contributed by atoms with van der Waals surface area (Å²) in [6.45, 7) is 8.57. The lowest BCUT2D eigenvalue weighted by atomic mass is 10.0. The van der Waals surface area contributed by atoms with E-state index in [0.29, 0.717) is 24.9 Å². The molecule has 0 saturated carbocycles. The van der Waals surface area contributed by atoms with Crippen LogP contribution in [0.25, 0.3) is 33.6 Å². The molecule has 1 amide bonds. The van der Waals surface area contributed by atoms with E-state index in [4.69, 9.17) is 0 Å². The van der Waals surface area contributed by atoms with E-state index in [0.717, 1.165) is 65.7 Å². The van der Waals surface area contributed by atoms with Gasteiger partial charge in [0, 0.05) is 13.0 Å². The van der Waals surface area contributed by atoms with Crippen LogP contribution in [0.5, 0.6) is 0 Å². The molecule has 1 aliphatic rings. The van der Waals surface area contributed by atoms with Crippen molar-refractivity contribution in [2.24, 2.45) is 5.92 Å². The molecule has 1 aliphatic heterocycles. The van der Waals surface area contributed by atoms with Crippen LogP contribution in [-0.2, 0) is 11.3 Å². The summed E-state index contributed by atoms with van der Waals surface area (Å²) in [5.41, 5.74) is 6.55. The van der Waals surface area contributed by atoms with Crippen molar-refractivity contribution in [3.63, 3.8) is 0 Å². The van der Waals surface area contributed by atoms with Crippen molar-refractivity contribution in [2.75, 3.05) is 13.1 Å². The third kappa shape index (κ3) is 6.05. The van der Waals surface area contributed by atoms with Crippen molar-refractivity contribution in [3.05, 3.63) is 72.6 Å². The first-order valence-corrected chi connectivity index (χ1v) is 13.8. The highest BCUT2D eigenvalue weighted by Gasteiger charge is 2.19. The topological polar surface area (TPSA) is 89.7 Å². The average Bonchev–Trinajstić information content (AvgIpc) is 3.70. The molecule has 1 saturated heterocycles. The van der Waals surface area contributed by atoms with Crippen molar-refractivity contribution in [2.45, 2.75) is 59.0 Å². The highest BCUT2D eigenvalue weighted by molar-refractivity contribution is 5.76. The van der Waals surface area contributed by atoms with E-state index in [9.17, 15) is 4.79 Å². The standard InChI is InChI=1S/C31H38N6O/c1-4-16-37(30(38)17-21(2)3)20-29-33-18-27(35-29)24-11-7-22(8-12-24)23-9-13-25(14-10-23)28-19-34-31(36-28)26-6-5-15-32-26/h7-14,18-19,21,26,32H,4-6,15-17,20H2,1-3H3,(H,33,35)(H,34,36). The predicted molar refractivity (Wildman–Crippen MR) is 152 cm³/mol. The first-order valence-electron chi connectivity index (χ1n) is 13.8. The van der Waals surface area contributed by atoms with E-state index in [1.54, 1.807) is 0 Å². The maximum atomic E-state index is 12.6. The molecule has 0 bridgehead atoms. The van der Waals surface area contributed by atoms with Gasteiger partial charge in [-0.05, 0) is 54.0 Å². The Labute approximate surface area is 225 Å². The summed E-state index contributed by atoms with van der Waals surface area (Å²) in [5, 5.41) is 3.49. The molecular weight excluding hydrogens is 472 g/mol. The lowest BCUT2D eigenvalue weighted by Crippen LogP contribution is -2.32. The molecule has 1 atom stereocenters. The Morgan fingerprint density at radius 1 is 0.921 bits per heavy atom. The van der Waals surface area contributed by atoms with Gasteiger partial charge in [-0.15, -0.1) is 0 Å². The highest BCUT2D eigenvalue weighted by atomic mass is 16.2. The number of H-pyrrole nitrogens is 2. The van der Waals surface area contributed by atoms with Crippen molar-refractivity contribution in [3.8, 4) is 33.6 Å². The van der Waals surface area contributed by atoms with Gasteiger partial charge in [0.2, 0.25) is 5.91 Å². The Morgan fingerprint density at radius 3 is 2.11 bits per heavy atom. The molecule has 3 N–H and O–H groups in total. The molecule has 4 aromatic rings. The predicted octanol–water partition coefficient (Wildman–Crippen LogP) is 6.34. The van der Waals surface area contributed by atoms with Gasteiger partial charge in [0.15, 0.2) is 0 Å². The van der Waals surface area contributed by atoms with Gasteiger partial charge >= 0.3 is 0 Å². The Morgan fingerprint density at radius 2 is 1.53 bits per heavy atom. The molecule has 38 heavy (non-hydrogen) atoms. The SMILES string of the molecule is CCCN(Cc1ncc(-c2ccc(-c3ccc(-c4cnc(C5CCCN5)[nH]4)cc3)cc2)[nH]1)C(=O)CC(C)C. The Balaban J connectivity index is 1.24. The number of hydrogen-bond acceptors (Lipinski definition) is 4. The van der Waals surface area contributed by atoms with Crippen molar-refractivity contribution >= 4 is 5.91 Å². The number of benzene rings is 2. The third-order valence-electron chi connectivity index (χ3n) is 7.11. The minimum atomic E-state index is 0.189. The third-order valence-corrected chi connectivity index (χ3v) is 7.11. The summed E-state index contributed by atoms with van der Waals surface area (Å²) >= 11 is 0. The quantitative estimate of drug-likeness (QED) is 0.232. The second kappa shape index (κ2) is 11.8. The molecule has 5 rings (SSSR count). The fraction of sp³-hybridized carbons (Fsp3) is 0.387. The lowest BCUT2D eigenvalue weighted by molar-refractivity contribution is -0.132. The largest absolute Gasteiger partial charge is 0.341 e. The second-order valence-corrected chi connectivity index (χ2v) is 10.6. The smallest absolute Gasteiger partial charge is 0.223 e. The number of hydrogen-bond donors (Lipinski definition) is 3. The Hall–Kier alpha value is -3.71. The molecule has 1 unspecified atom stereocenters. The first kappa shape index (κ1) is 25.9. The minimum absolute atomic E-state index is 0.189. The number of aromatic amines is 2. The van der Waals surface area contributed by atoms with E-state index >= 15 is 0 Å². The van der Waals surface area contributed by atoms with Crippen LogP contribution < -0.4 is 5.32 Å². The van der Waals surface area contributed by atoms with Gasteiger partial charge in [0.1, 0.15) is 11.6 Å². The number of carbonyl (C=O) groups is 1. The van der Waals surface area contributed by atoms with Crippen LogP contribution in [0.3, 0.4) is 0 Å². The van der Waals surface area contributed by atoms with E-state index < -0.39 is 0 Å². The molecule has 7 nitrogen and oxygen atoms in total. The van der Waals surface area contributed by atoms with E-state index in [1.807, 2.05) is 17.3 Å². The molecule has 3 heterocycles. The molecule has 2 aromatic heterocycles. The van der Waals surface area contributed by atoms with E-state index in [2.05, 4.69) is 94.6 Å². The summed E-state index contributed by atoms with van der Waals surface area (Å²) in [7, 11) is 0. The highest BCUT2D eigenvalue weighted by Crippen LogP contribution is 2.28. The first-order chi connectivity index (χ1) is 18.5. The van der Waals surface area contributed by atoms with Gasteiger partial charge in [-0.2, -0.15) is 0 Å². The zero-order valence-corrected chi connectivity index (χ0v) is 22.6. The fourth-order valence-electron chi connectivity index (χ4n) is 5.07. The van der Waals surface area contributed by atoms with Crippen molar-refractivity contribution < 1.29 is 4.79 Å². The zero-order chi connectivity index (χ0) is 26.5. The maximum Gasteiger partial charge on any atom is 0.223 e. The molecule has 1 fully saturated rings. The molecule has 7 heteroatoms. The molecule has 198 valence electrons. The van der Waals surface area contributed by atoms with Crippen LogP contribution in [-0.4, -0.2) is 43.8 Å².